The Balaban J connectivity index is 1.58. The Morgan fingerprint density at radius 2 is 1.81 bits per heavy atom. The van der Waals surface area contributed by atoms with Crippen molar-refractivity contribution in [2.24, 2.45) is 5.92 Å². The van der Waals surface area contributed by atoms with Crippen LogP contribution in [0.3, 0.4) is 0 Å². The summed E-state index contributed by atoms with van der Waals surface area (Å²) in [5, 5.41) is 8.54. The summed E-state index contributed by atoms with van der Waals surface area (Å²) in [4.78, 5) is 55.8. The van der Waals surface area contributed by atoms with Gasteiger partial charge in [0.15, 0.2) is 0 Å². The van der Waals surface area contributed by atoms with E-state index in [4.69, 9.17) is 9.47 Å². The van der Waals surface area contributed by atoms with E-state index >= 15 is 0 Å². The van der Waals surface area contributed by atoms with Gasteiger partial charge in [-0.1, -0.05) is 32.6 Å². The summed E-state index contributed by atoms with van der Waals surface area (Å²) < 4.78 is 11.0. The number of fused-ring (bicyclic) bond motifs is 1. The van der Waals surface area contributed by atoms with Gasteiger partial charge in [0.2, 0.25) is 5.91 Å². The summed E-state index contributed by atoms with van der Waals surface area (Å²) in [6.45, 7) is 16.2. The average molecular weight is 582 g/mol. The largest absolute Gasteiger partial charge is 0.457 e. The quantitative estimate of drug-likeness (QED) is 0.377. The van der Waals surface area contributed by atoms with Gasteiger partial charge < -0.3 is 20.1 Å². The van der Waals surface area contributed by atoms with Crippen molar-refractivity contribution >= 4 is 40.7 Å². The number of aromatic nitrogens is 1. The normalized spacial score (nSPS) is 17.6. The van der Waals surface area contributed by atoms with Gasteiger partial charge in [-0.3, -0.25) is 24.4 Å². The fourth-order valence-corrected chi connectivity index (χ4v) is 4.55. The second-order valence-corrected chi connectivity index (χ2v) is 11.9. The molecule has 11 nitrogen and oxygen atoms in total. The molecule has 228 valence electrons. The molecule has 3 N–H and O–H groups in total. The maximum atomic E-state index is 13.2. The van der Waals surface area contributed by atoms with Gasteiger partial charge in [-0.2, -0.15) is 0 Å². The number of esters is 1. The number of pyridine rings is 1. The molecule has 3 rings (SSSR count). The van der Waals surface area contributed by atoms with Gasteiger partial charge in [-0.25, -0.2) is 10.2 Å². The van der Waals surface area contributed by atoms with E-state index in [0.717, 1.165) is 22.0 Å². The molecule has 0 spiro atoms. The Kier molecular flexibility index (Phi) is 10.7. The first-order chi connectivity index (χ1) is 19.7. The van der Waals surface area contributed by atoms with Crippen LogP contribution in [0.25, 0.3) is 16.8 Å². The highest BCUT2D eigenvalue weighted by Gasteiger charge is 2.34. The van der Waals surface area contributed by atoms with E-state index in [1.165, 1.54) is 5.01 Å². The van der Waals surface area contributed by atoms with Crippen molar-refractivity contribution in [2.45, 2.75) is 91.1 Å². The summed E-state index contributed by atoms with van der Waals surface area (Å²) in [5.74, 6) is -1.64. The molecule has 1 aromatic carbocycles. The van der Waals surface area contributed by atoms with E-state index in [1.54, 1.807) is 60.7 Å². The molecular formula is C31H43N5O6. The van der Waals surface area contributed by atoms with Crippen molar-refractivity contribution in [3.05, 3.63) is 48.3 Å². The molecular weight excluding hydrogens is 538 g/mol. The molecule has 1 aromatic heterocycles. The lowest BCUT2D eigenvalue weighted by atomic mass is 10.0. The monoisotopic (exact) mass is 581 g/mol. The van der Waals surface area contributed by atoms with Crippen LogP contribution in [-0.2, 0) is 23.9 Å². The first-order valence-corrected chi connectivity index (χ1v) is 14.3. The Morgan fingerprint density at radius 1 is 1.10 bits per heavy atom. The number of hydrogen-bond acceptors (Lipinski definition) is 8. The lowest BCUT2D eigenvalue weighted by molar-refractivity contribution is -0.157. The third-order valence-corrected chi connectivity index (χ3v) is 6.83. The topological polar surface area (TPSA) is 139 Å². The maximum absolute atomic E-state index is 13.2. The van der Waals surface area contributed by atoms with Crippen molar-refractivity contribution in [2.75, 3.05) is 6.54 Å². The Morgan fingerprint density at radius 3 is 2.45 bits per heavy atom. The molecule has 0 aliphatic carbocycles. The molecule has 1 aliphatic rings. The van der Waals surface area contributed by atoms with E-state index < -0.39 is 53.7 Å². The molecule has 42 heavy (non-hydrogen) atoms. The van der Waals surface area contributed by atoms with Crippen LogP contribution in [0.15, 0.2) is 37.0 Å². The molecule has 2 heterocycles. The molecule has 1 fully saturated rings. The predicted octanol–water partition coefficient (Wildman–Crippen LogP) is 4.03. The van der Waals surface area contributed by atoms with Crippen molar-refractivity contribution in [3.8, 4) is 0 Å². The van der Waals surface area contributed by atoms with E-state index in [2.05, 4.69) is 27.6 Å². The molecule has 0 saturated carbocycles. The fraction of sp³-hybridized carbons (Fsp3) is 0.516. The number of carbonyl (C=O) groups is 4. The first-order valence-electron chi connectivity index (χ1n) is 14.3. The molecule has 4 atom stereocenters. The number of amides is 3. The van der Waals surface area contributed by atoms with Crippen LogP contribution >= 0.6 is 0 Å². The van der Waals surface area contributed by atoms with Crippen molar-refractivity contribution in [3.63, 3.8) is 0 Å². The summed E-state index contributed by atoms with van der Waals surface area (Å²) in [6, 6.07) is 5.17. The lowest BCUT2D eigenvalue weighted by Gasteiger charge is -2.35. The summed E-state index contributed by atoms with van der Waals surface area (Å²) in [6.07, 6.45) is 3.29. The Bertz CT molecular complexity index is 1320. The van der Waals surface area contributed by atoms with E-state index in [-0.39, 0.29) is 5.92 Å². The van der Waals surface area contributed by atoms with Gasteiger partial charge in [0.25, 0.3) is 5.91 Å². The molecule has 2 aromatic rings. The van der Waals surface area contributed by atoms with Crippen LogP contribution < -0.4 is 16.1 Å². The number of hydrogen-bond donors (Lipinski definition) is 3. The number of hydrazine groups is 1. The van der Waals surface area contributed by atoms with Crippen LogP contribution in [0, 0.1) is 5.92 Å². The van der Waals surface area contributed by atoms with Crippen LogP contribution in [0.2, 0.25) is 0 Å². The van der Waals surface area contributed by atoms with Gasteiger partial charge in [0.1, 0.15) is 29.8 Å². The zero-order chi connectivity index (χ0) is 31.2. The number of ether oxygens (including phenoxy) is 2. The average Bonchev–Trinajstić information content (AvgIpc) is 2.93. The molecule has 1 unspecified atom stereocenters. The highest BCUT2D eigenvalue weighted by molar-refractivity contribution is 5.91. The lowest BCUT2D eigenvalue weighted by Crippen LogP contribution is -2.61. The van der Waals surface area contributed by atoms with Crippen molar-refractivity contribution < 1.29 is 28.7 Å². The molecule has 1 aliphatic heterocycles. The van der Waals surface area contributed by atoms with Gasteiger partial charge in [0.05, 0.1) is 5.69 Å². The third-order valence-electron chi connectivity index (χ3n) is 6.83. The van der Waals surface area contributed by atoms with E-state index in [0.29, 0.717) is 19.4 Å². The molecule has 11 heteroatoms. The minimum Gasteiger partial charge on any atom is -0.457 e. The predicted molar refractivity (Wildman–Crippen MR) is 160 cm³/mol. The number of carbonyl (C=O) groups excluding carboxylic acids is 4. The summed E-state index contributed by atoms with van der Waals surface area (Å²) in [5.41, 5.74) is 3.83. The van der Waals surface area contributed by atoms with Crippen LogP contribution in [0.5, 0.6) is 0 Å². The molecule has 0 bridgehead atoms. The van der Waals surface area contributed by atoms with Gasteiger partial charge >= 0.3 is 12.1 Å². The minimum absolute atomic E-state index is 0.252. The molecule has 3 amide bonds. The van der Waals surface area contributed by atoms with Crippen LogP contribution in [0.1, 0.15) is 78.7 Å². The molecule has 0 radical (unpaired) electrons. The molecule has 1 saturated heterocycles. The van der Waals surface area contributed by atoms with E-state index in [9.17, 15) is 19.2 Å². The summed E-state index contributed by atoms with van der Waals surface area (Å²) >= 11 is 0. The maximum Gasteiger partial charge on any atom is 0.408 e. The summed E-state index contributed by atoms with van der Waals surface area (Å²) in [7, 11) is 0. The zero-order valence-electron chi connectivity index (χ0n) is 25.5. The number of nitrogens with one attached hydrogen (secondary N) is 3. The SMILES string of the molecule is C=Cc1cc2cc([C@@H](C)OC(=O)[C@@H]3CCCN(C(=O)[C@H](C)NC(=O)C(NC(=O)OC(C)(C)C)C(C)C)N3)ccc2cn1. The van der Waals surface area contributed by atoms with Crippen LogP contribution in [-0.4, -0.2) is 64.1 Å². The van der Waals surface area contributed by atoms with Gasteiger partial charge in [-0.05, 0) is 82.5 Å². The van der Waals surface area contributed by atoms with Gasteiger partial charge in [-0.15, -0.1) is 0 Å². The second-order valence-electron chi connectivity index (χ2n) is 11.9. The van der Waals surface area contributed by atoms with Crippen LogP contribution in [0.4, 0.5) is 4.79 Å². The smallest absolute Gasteiger partial charge is 0.408 e. The fourth-order valence-electron chi connectivity index (χ4n) is 4.55. The Labute approximate surface area is 247 Å². The number of nitrogens with zero attached hydrogens (tertiary/aromatic N) is 2. The highest BCUT2D eigenvalue weighted by atomic mass is 16.6. The number of alkyl carbamates (subject to hydrolysis) is 1. The Hall–Kier alpha value is -3.99. The number of benzene rings is 1. The van der Waals surface area contributed by atoms with E-state index in [1.807, 2.05) is 24.3 Å². The zero-order valence-corrected chi connectivity index (χ0v) is 25.5. The van der Waals surface area contributed by atoms with Crippen molar-refractivity contribution in [1.29, 1.82) is 0 Å². The number of rotatable bonds is 9. The standard InChI is InChI=1S/C31H43N5O6/c1-9-24-16-23-15-21(12-13-22(23)17-32-24)20(5)41-29(39)25-11-10-14-36(35-25)28(38)19(4)33-27(37)26(18(2)3)34-30(40)42-31(6,7)8/h9,12-13,15-20,25-26,35H,1,10-11,14H2,2-8H3,(H,33,37)(H,34,40)/t19-,20+,25-,26?/m0/s1. The third kappa shape index (κ3) is 8.75. The highest BCUT2D eigenvalue weighted by Crippen LogP contribution is 2.24. The second kappa shape index (κ2) is 13.8. The first kappa shape index (κ1) is 32.5. The van der Waals surface area contributed by atoms with Crippen molar-refractivity contribution in [1.82, 2.24) is 26.1 Å². The van der Waals surface area contributed by atoms with Gasteiger partial charge in [0, 0.05) is 18.1 Å². The minimum atomic E-state index is -0.909.